The van der Waals surface area contributed by atoms with Crippen molar-refractivity contribution in [1.29, 1.82) is 0 Å². The lowest BCUT2D eigenvalue weighted by atomic mass is 9.96. The predicted molar refractivity (Wildman–Crippen MR) is 94.8 cm³/mol. The van der Waals surface area contributed by atoms with E-state index in [9.17, 15) is 9.59 Å². The van der Waals surface area contributed by atoms with E-state index >= 15 is 0 Å². The Morgan fingerprint density at radius 1 is 1.16 bits per heavy atom. The lowest BCUT2D eigenvalue weighted by molar-refractivity contribution is -0.143. The van der Waals surface area contributed by atoms with Gasteiger partial charge in [0.15, 0.2) is 0 Å². The molecule has 1 N–H and O–H groups in total. The summed E-state index contributed by atoms with van der Waals surface area (Å²) in [4.78, 5) is 27.6. The number of likely N-dealkylation sites (tertiary alicyclic amines) is 1. The van der Waals surface area contributed by atoms with Crippen LogP contribution in [0.1, 0.15) is 32.6 Å². The van der Waals surface area contributed by atoms with Gasteiger partial charge in [0.2, 0.25) is 11.8 Å². The van der Waals surface area contributed by atoms with Gasteiger partial charge < -0.3 is 19.7 Å². The first-order chi connectivity index (χ1) is 12.0. The molecule has 0 bridgehead atoms. The molecule has 136 valence electrons. The minimum Gasteiger partial charge on any atom is -0.497 e. The Labute approximate surface area is 148 Å². The zero-order valence-corrected chi connectivity index (χ0v) is 15.1. The van der Waals surface area contributed by atoms with Gasteiger partial charge in [-0.1, -0.05) is 6.92 Å². The summed E-state index contributed by atoms with van der Waals surface area (Å²) >= 11 is 0. The number of methoxy groups -OCH3 is 2. The number of piperidine rings is 1. The maximum absolute atomic E-state index is 12.9. The highest BCUT2D eigenvalue weighted by molar-refractivity contribution is 6.13. The molecule has 1 aromatic carbocycles. The Morgan fingerprint density at radius 3 is 2.40 bits per heavy atom. The van der Waals surface area contributed by atoms with Crippen LogP contribution < -0.4 is 14.8 Å². The van der Waals surface area contributed by atoms with E-state index in [-0.39, 0.29) is 11.8 Å². The minimum atomic E-state index is -0.908. The fourth-order valence-corrected chi connectivity index (χ4v) is 3.33. The molecule has 1 heterocycles. The van der Waals surface area contributed by atoms with E-state index < -0.39 is 5.41 Å². The Hall–Kier alpha value is -2.24. The van der Waals surface area contributed by atoms with Gasteiger partial charge in [0, 0.05) is 19.2 Å². The zero-order chi connectivity index (χ0) is 18.0. The normalized spacial score (nSPS) is 19.2. The lowest BCUT2D eigenvalue weighted by Crippen LogP contribution is -2.46. The van der Waals surface area contributed by atoms with E-state index in [0.717, 1.165) is 25.9 Å². The second kappa shape index (κ2) is 6.94. The van der Waals surface area contributed by atoms with Crippen LogP contribution in [0.5, 0.6) is 11.5 Å². The topological polar surface area (TPSA) is 67.9 Å². The van der Waals surface area contributed by atoms with Crippen molar-refractivity contribution in [2.24, 2.45) is 11.3 Å². The van der Waals surface area contributed by atoms with Crippen LogP contribution in [0.4, 0.5) is 5.69 Å². The molecule has 1 saturated carbocycles. The van der Waals surface area contributed by atoms with E-state index in [1.165, 1.54) is 0 Å². The maximum atomic E-state index is 12.9. The van der Waals surface area contributed by atoms with E-state index in [0.29, 0.717) is 35.9 Å². The standard InChI is InChI=1S/C19H26N2O4/c1-13-6-10-21(11-7-13)18(23)19(8-9-19)17(22)20-15-12-14(24-2)4-5-16(15)25-3/h4-5,12-13H,6-11H2,1-3H3,(H,20,22). The number of rotatable bonds is 5. The molecule has 0 atom stereocenters. The molecule has 0 spiro atoms. The molecule has 1 aliphatic carbocycles. The van der Waals surface area contributed by atoms with Crippen LogP contribution in [0.2, 0.25) is 0 Å². The number of anilines is 1. The summed E-state index contributed by atoms with van der Waals surface area (Å²) in [7, 11) is 3.11. The molecule has 1 aromatic rings. The molecule has 6 heteroatoms. The van der Waals surface area contributed by atoms with E-state index in [2.05, 4.69) is 12.2 Å². The van der Waals surface area contributed by atoms with Crippen LogP contribution in [0.15, 0.2) is 18.2 Å². The summed E-state index contributed by atoms with van der Waals surface area (Å²) in [5.74, 6) is 1.54. The summed E-state index contributed by atoms with van der Waals surface area (Å²) in [6.45, 7) is 3.70. The highest BCUT2D eigenvalue weighted by atomic mass is 16.5. The van der Waals surface area contributed by atoms with Crippen molar-refractivity contribution in [3.05, 3.63) is 18.2 Å². The fraction of sp³-hybridized carbons (Fsp3) is 0.579. The quantitative estimate of drug-likeness (QED) is 0.833. The van der Waals surface area contributed by atoms with Gasteiger partial charge in [0.1, 0.15) is 16.9 Å². The van der Waals surface area contributed by atoms with E-state index in [1.807, 2.05) is 4.90 Å². The molecular formula is C19H26N2O4. The first-order valence-corrected chi connectivity index (χ1v) is 8.83. The first kappa shape index (κ1) is 17.6. The van der Waals surface area contributed by atoms with Gasteiger partial charge in [-0.15, -0.1) is 0 Å². The number of ether oxygens (including phenoxy) is 2. The highest BCUT2D eigenvalue weighted by Crippen LogP contribution is 2.49. The molecule has 25 heavy (non-hydrogen) atoms. The Bertz CT molecular complexity index is 661. The number of carbonyl (C=O) groups excluding carboxylic acids is 2. The molecule has 1 aliphatic heterocycles. The average Bonchev–Trinajstić information content (AvgIpc) is 3.43. The monoisotopic (exact) mass is 346 g/mol. The fourth-order valence-electron chi connectivity index (χ4n) is 3.33. The number of nitrogens with zero attached hydrogens (tertiary/aromatic N) is 1. The van der Waals surface area contributed by atoms with Crippen LogP contribution >= 0.6 is 0 Å². The SMILES string of the molecule is COc1ccc(OC)c(NC(=O)C2(C(=O)N3CCC(C)CC3)CC2)c1. The van der Waals surface area contributed by atoms with Crippen LogP contribution in [0.3, 0.4) is 0 Å². The van der Waals surface area contributed by atoms with Gasteiger partial charge in [0.25, 0.3) is 0 Å². The van der Waals surface area contributed by atoms with Gasteiger partial charge in [-0.05, 0) is 43.7 Å². The third-order valence-electron chi connectivity index (χ3n) is 5.32. The molecule has 2 fully saturated rings. The third kappa shape index (κ3) is 3.43. The van der Waals surface area contributed by atoms with Crippen LogP contribution in [-0.2, 0) is 9.59 Å². The summed E-state index contributed by atoms with van der Waals surface area (Å²) in [6, 6.07) is 5.21. The summed E-state index contributed by atoms with van der Waals surface area (Å²) in [6.07, 6.45) is 3.23. The van der Waals surface area contributed by atoms with Crippen molar-refractivity contribution in [3.8, 4) is 11.5 Å². The summed E-state index contributed by atoms with van der Waals surface area (Å²) in [5.41, 5.74) is -0.382. The molecule has 6 nitrogen and oxygen atoms in total. The van der Waals surface area contributed by atoms with Gasteiger partial charge in [-0.3, -0.25) is 9.59 Å². The van der Waals surface area contributed by atoms with E-state index in [1.54, 1.807) is 32.4 Å². The Balaban J connectivity index is 1.73. The number of hydrogen-bond donors (Lipinski definition) is 1. The predicted octanol–water partition coefficient (Wildman–Crippen LogP) is 2.68. The molecule has 0 aromatic heterocycles. The van der Waals surface area contributed by atoms with Crippen LogP contribution in [0, 0.1) is 11.3 Å². The lowest BCUT2D eigenvalue weighted by Gasteiger charge is -2.32. The van der Waals surface area contributed by atoms with Crippen LogP contribution in [0.25, 0.3) is 0 Å². The molecule has 2 aliphatic rings. The largest absolute Gasteiger partial charge is 0.497 e. The van der Waals surface area contributed by atoms with Crippen molar-refractivity contribution in [2.75, 3.05) is 32.6 Å². The number of carbonyl (C=O) groups is 2. The average molecular weight is 346 g/mol. The van der Waals surface area contributed by atoms with Gasteiger partial charge in [-0.2, -0.15) is 0 Å². The third-order valence-corrected chi connectivity index (χ3v) is 5.32. The minimum absolute atomic E-state index is 0.0289. The highest BCUT2D eigenvalue weighted by Gasteiger charge is 2.58. The smallest absolute Gasteiger partial charge is 0.240 e. The van der Waals surface area contributed by atoms with E-state index in [4.69, 9.17) is 9.47 Å². The summed E-state index contributed by atoms with van der Waals surface area (Å²) in [5, 5.41) is 2.88. The van der Waals surface area contributed by atoms with Crippen LogP contribution in [-0.4, -0.2) is 44.0 Å². The Morgan fingerprint density at radius 2 is 1.84 bits per heavy atom. The number of amides is 2. The van der Waals surface area contributed by atoms with Crippen molar-refractivity contribution in [3.63, 3.8) is 0 Å². The molecule has 0 radical (unpaired) electrons. The van der Waals surface area contributed by atoms with Crippen molar-refractivity contribution < 1.29 is 19.1 Å². The molecule has 0 unspecified atom stereocenters. The maximum Gasteiger partial charge on any atom is 0.240 e. The number of hydrogen-bond acceptors (Lipinski definition) is 4. The second-order valence-corrected chi connectivity index (χ2v) is 7.08. The molecular weight excluding hydrogens is 320 g/mol. The van der Waals surface area contributed by atoms with Gasteiger partial charge in [0.05, 0.1) is 19.9 Å². The van der Waals surface area contributed by atoms with Crippen molar-refractivity contribution >= 4 is 17.5 Å². The first-order valence-electron chi connectivity index (χ1n) is 8.83. The number of nitrogens with one attached hydrogen (secondary N) is 1. The summed E-state index contributed by atoms with van der Waals surface area (Å²) < 4.78 is 10.5. The van der Waals surface area contributed by atoms with Crippen molar-refractivity contribution in [1.82, 2.24) is 4.90 Å². The zero-order valence-electron chi connectivity index (χ0n) is 15.1. The Kier molecular flexibility index (Phi) is 4.88. The van der Waals surface area contributed by atoms with Gasteiger partial charge in [-0.25, -0.2) is 0 Å². The number of benzene rings is 1. The van der Waals surface area contributed by atoms with Crippen molar-refractivity contribution in [2.45, 2.75) is 32.6 Å². The molecule has 1 saturated heterocycles. The van der Waals surface area contributed by atoms with Gasteiger partial charge >= 0.3 is 0 Å². The molecule has 2 amide bonds. The second-order valence-electron chi connectivity index (χ2n) is 7.08. The molecule has 3 rings (SSSR count).